The molecule has 1 heterocycles. The van der Waals surface area contributed by atoms with Crippen molar-refractivity contribution in [1.29, 1.82) is 0 Å². The minimum absolute atomic E-state index is 0.130. The third-order valence-corrected chi connectivity index (χ3v) is 7.06. The first-order valence-corrected chi connectivity index (χ1v) is 10.2. The largest absolute Gasteiger partial charge is 0.468 e. The number of hydrogen-bond donors (Lipinski definition) is 0. The lowest BCUT2D eigenvalue weighted by atomic mass is 10.2. The molecule has 1 aromatic rings. The number of ether oxygens (including phenoxy) is 1. The average molecular weight is 386 g/mol. The van der Waals surface area contributed by atoms with Gasteiger partial charge < -0.3 is 9.64 Å². The maximum absolute atomic E-state index is 12.5. The van der Waals surface area contributed by atoms with Crippen LogP contribution in [0.15, 0.2) is 29.2 Å². The Bertz CT molecular complexity index is 731. The smallest absolute Gasteiger partial charge is 0.315 e. The SMILES string of the molecule is COC(=O)CS[C@H]1CCN(C(=O)c2ccc(S(=O)(=O)N(C)C)cc2)C1. The fourth-order valence-electron chi connectivity index (χ4n) is 2.46. The normalized spacial score (nSPS) is 17.8. The number of amides is 1. The van der Waals surface area contributed by atoms with E-state index in [0.29, 0.717) is 18.7 Å². The lowest BCUT2D eigenvalue weighted by Crippen LogP contribution is -2.29. The van der Waals surface area contributed by atoms with Crippen molar-refractivity contribution in [2.45, 2.75) is 16.6 Å². The predicted molar refractivity (Wildman–Crippen MR) is 96.1 cm³/mol. The van der Waals surface area contributed by atoms with Crippen LogP contribution < -0.4 is 0 Å². The van der Waals surface area contributed by atoms with E-state index < -0.39 is 10.0 Å². The Hall–Kier alpha value is -1.58. The molecular weight excluding hydrogens is 364 g/mol. The molecule has 1 aromatic carbocycles. The summed E-state index contributed by atoms with van der Waals surface area (Å²) in [5, 5.41) is 0.205. The van der Waals surface area contributed by atoms with Gasteiger partial charge in [-0.25, -0.2) is 12.7 Å². The highest BCUT2D eigenvalue weighted by molar-refractivity contribution is 8.00. The molecule has 1 saturated heterocycles. The Balaban J connectivity index is 1.99. The minimum Gasteiger partial charge on any atom is -0.468 e. The highest BCUT2D eigenvalue weighted by atomic mass is 32.2. The summed E-state index contributed by atoms with van der Waals surface area (Å²) >= 11 is 1.49. The molecule has 9 heteroatoms. The van der Waals surface area contributed by atoms with Gasteiger partial charge in [0.1, 0.15) is 0 Å². The summed E-state index contributed by atoms with van der Waals surface area (Å²) < 4.78 is 29.9. The van der Waals surface area contributed by atoms with Crippen molar-refractivity contribution >= 4 is 33.7 Å². The molecule has 7 nitrogen and oxygen atoms in total. The highest BCUT2D eigenvalue weighted by Gasteiger charge is 2.28. The van der Waals surface area contributed by atoms with Gasteiger partial charge in [-0.15, -0.1) is 11.8 Å². The molecule has 138 valence electrons. The Morgan fingerprint density at radius 3 is 2.48 bits per heavy atom. The van der Waals surface area contributed by atoms with E-state index in [4.69, 9.17) is 0 Å². The second-order valence-corrected chi connectivity index (χ2v) is 9.30. The van der Waals surface area contributed by atoms with E-state index in [1.807, 2.05) is 0 Å². The molecule has 0 aromatic heterocycles. The Kier molecular flexibility index (Phi) is 6.47. The number of methoxy groups -OCH3 is 1. The number of nitrogens with zero attached hydrogens (tertiary/aromatic N) is 2. The number of carbonyl (C=O) groups is 2. The van der Waals surface area contributed by atoms with E-state index in [1.54, 1.807) is 4.90 Å². The van der Waals surface area contributed by atoms with Crippen LogP contribution in [-0.2, 0) is 19.6 Å². The van der Waals surface area contributed by atoms with Gasteiger partial charge >= 0.3 is 5.97 Å². The molecule has 0 N–H and O–H groups in total. The molecule has 0 saturated carbocycles. The lowest BCUT2D eigenvalue weighted by Gasteiger charge is -2.17. The van der Waals surface area contributed by atoms with Gasteiger partial charge in [-0.1, -0.05) is 0 Å². The van der Waals surface area contributed by atoms with Crippen molar-refractivity contribution in [2.24, 2.45) is 0 Å². The molecule has 2 rings (SSSR count). The lowest BCUT2D eigenvalue weighted by molar-refractivity contribution is -0.137. The first-order valence-electron chi connectivity index (χ1n) is 7.76. The number of esters is 1. The summed E-state index contributed by atoms with van der Waals surface area (Å²) in [4.78, 5) is 25.6. The van der Waals surface area contributed by atoms with E-state index in [0.717, 1.165) is 10.7 Å². The second kappa shape index (κ2) is 8.20. The van der Waals surface area contributed by atoms with E-state index >= 15 is 0 Å². The van der Waals surface area contributed by atoms with Gasteiger partial charge in [-0.05, 0) is 30.7 Å². The zero-order valence-electron chi connectivity index (χ0n) is 14.5. The van der Waals surface area contributed by atoms with Gasteiger partial charge in [0.15, 0.2) is 0 Å². The summed E-state index contributed by atoms with van der Waals surface area (Å²) in [6, 6.07) is 5.96. The molecule has 25 heavy (non-hydrogen) atoms. The molecular formula is C16H22N2O5S2. The third-order valence-electron chi connectivity index (χ3n) is 3.98. The molecule has 1 aliphatic rings. The Labute approximate surface area is 152 Å². The standard InChI is InChI=1S/C16H22N2O5S2/c1-17(2)25(21,22)14-6-4-12(5-7-14)16(20)18-9-8-13(10-18)24-11-15(19)23-3/h4-7,13H,8-11H2,1-3H3/t13-/m0/s1. The number of sulfonamides is 1. The molecule has 0 bridgehead atoms. The van der Waals surface area contributed by atoms with E-state index in [-0.39, 0.29) is 27.8 Å². The second-order valence-electron chi connectivity index (χ2n) is 5.86. The number of hydrogen-bond acceptors (Lipinski definition) is 6. The maximum Gasteiger partial charge on any atom is 0.315 e. The van der Waals surface area contributed by atoms with Gasteiger partial charge in [-0.3, -0.25) is 9.59 Å². The third kappa shape index (κ3) is 4.74. The number of thioether (sulfide) groups is 1. The van der Waals surface area contributed by atoms with Gasteiger partial charge in [0, 0.05) is 38.0 Å². The highest BCUT2D eigenvalue weighted by Crippen LogP contribution is 2.24. The zero-order chi connectivity index (χ0) is 18.6. The Morgan fingerprint density at radius 1 is 1.28 bits per heavy atom. The van der Waals surface area contributed by atoms with Gasteiger partial charge in [0.25, 0.3) is 5.91 Å². The Morgan fingerprint density at radius 2 is 1.92 bits per heavy atom. The number of rotatable bonds is 6. The molecule has 1 amide bonds. The van der Waals surface area contributed by atoms with Gasteiger partial charge in [-0.2, -0.15) is 0 Å². The molecule has 0 spiro atoms. The summed E-state index contributed by atoms with van der Waals surface area (Å²) in [5.41, 5.74) is 0.455. The van der Waals surface area contributed by atoms with Crippen LogP contribution >= 0.6 is 11.8 Å². The topological polar surface area (TPSA) is 84.0 Å². The van der Waals surface area contributed by atoms with Crippen molar-refractivity contribution < 1.29 is 22.7 Å². The fourth-order valence-corrected chi connectivity index (χ4v) is 4.41. The van der Waals surface area contributed by atoms with Crippen molar-refractivity contribution in [1.82, 2.24) is 9.21 Å². The summed E-state index contributed by atoms with van der Waals surface area (Å²) in [6.45, 7) is 1.19. The first-order chi connectivity index (χ1) is 11.8. The van der Waals surface area contributed by atoms with E-state index in [2.05, 4.69) is 4.74 Å². The van der Waals surface area contributed by atoms with Crippen molar-refractivity contribution in [3.8, 4) is 0 Å². The van der Waals surface area contributed by atoms with Crippen LogP contribution in [0.5, 0.6) is 0 Å². The summed E-state index contributed by atoms with van der Waals surface area (Å²) in [7, 11) is 0.777. The van der Waals surface area contributed by atoms with Crippen LogP contribution in [-0.4, -0.2) is 74.8 Å². The monoisotopic (exact) mass is 386 g/mol. The molecule has 1 aliphatic heterocycles. The van der Waals surface area contributed by atoms with Crippen LogP contribution in [0.25, 0.3) is 0 Å². The van der Waals surface area contributed by atoms with Crippen molar-refractivity contribution in [3.05, 3.63) is 29.8 Å². The quantitative estimate of drug-likeness (QED) is 0.680. The maximum atomic E-state index is 12.5. The summed E-state index contributed by atoms with van der Waals surface area (Å²) in [6.07, 6.45) is 0.820. The summed E-state index contributed by atoms with van der Waals surface area (Å²) in [5.74, 6) is -0.122. The van der Waals surface area contributed by atoms with E-state index in [1.165, 1.54) is 57.2 Å². The van der Waals surface area contributed by atoms with Crippen LogP contribution in [0.1, 0.15) is 16.8 Å². The predicted octanol–water partition coefficient (Wildman–Crippen LogP) is 1.06. The van der Waals surface area contributed by atoms with Crippen LogP contribution in [0.3, 0.4) is 0 Å². The van der Waals surface area contributed by atoms with Gasteiger partial charge in [0.05, 0.1) is 17.8 Å². The molecule has 0 unspecified atom stereocenters. The minimum atomic E-state index is -3.50. The van der Waals surface area contributed by atoms with Crippen LogP contribution in [0.4, 0.5) is 0 Å². The molecule has 1 atom stereocenters. The number of carbonyl (C=O) groups excluding carboxylic acids is 2. The van der Waals surface area contributed by atoms with Crippen LogP contribution in [0, 0.1) is 0 Å². The zero-order valence-corrected chi connectivity index (χ0v) is 16.1. The number of likely N-dealkylation sites (tertiary alicyclic amines) is 1. The first kappa shape index (κ1) is 19.7. The van der Waals surface area contributed by atoms with Crippen molar-refractivity contribution in [3.63, 3.8) is 0 Å². The average Bonchev–Trinajstić information content (AvgIpc) is 3.07. The van der Waals surface area contributed by atoms with Crippen LogP contribution in [0.2, 0.25) is 0 Å². The van der Waals surface area contributed by atoms with Crippen molar-refractivity contribution in [2.75, 3.05) is 40.0 Å². The van der Waals surface area contributed by atoms with E-state index in [9.17, 15) is 18.0 Å². The molecule has 1 fully saturated rings. The molecule has 0 aliphatic carbocycles. The number of benzene rings is 1. The fraction of sp³-hybridized carbons (Fsp3) is 0.500. The van der Waals surface area contributed by atoms with Gasteiger partial charge in [0.2, 0.25) is 10.0 Å². The molecule has 0 radical (unpaired) electrons.